The standard InChI is InChI=1S/C9H6ClNO4S/c1-2-4-7-8(11(12)13)5-3-6-9(7)16(10,14)15/h3,5-6H,1H3. The van der Waals surface area contributed by atoms with Gasteiger partial charge in [0.2, 0.25) is 0 Å². The van der Waals surface area contributed by atoms with Gasteiger partial charge in [-0.05, 0) is 13.0 Å². The predicted molar refractivity (Wildman–Crippen MR) is 58.7 cm³/mol. The molecule has 0 saturated heterocycles. The summed E-state index contributed by atoms with van der Waals surface area (Å²) in [5, 5.41) is 10.7. The molecule has 16 heavy (non-hydrogen) atoms. The van der Waals surface area contributed by atoms with Crippen LogP contribution in [0, 0.1) is 22.0 Å². The summed E-state index contributed by atoms with van der Waals surface area (Å²) in [4.78, 5) is 9.62. The number of nitro benzene ring substituents is 1. The van der Waals surface area contributed by atoms with Crippen LogP contribution in [0.15, 0.2) is 23.1 Å². The predicted octanol–water partition coefficient (Wildman–Crippen LogP) is 1.89. The molecule has 0 heterocycles. The fourth-order valence-electron chi connectivity index (χ4n) is 1.13. The molecular formula is C9H6ClNO4S. The molecule has 7 heteroatoms. The number of benzene rings is 1. The zero-order valence-electron chi connectivity index (χ0n) is 8.10. The first-order chi connectivity index (χ1) is 7.38. The number of halogens is 1. The van der Waals surface area contributed by atoms with Crippen molar-refractivity contribution < 1.29 is 13.3 Å². The maximum absolute atomic E-state index is 11.2. The average Bonchev–Trinajstić information content (AvgIpc) is 2.16. The number of hydrogen-bond acceptors (Lipinski definition) is 4. The van der Waals surface area contributed by atoms with Crippen LogP contribution < -0.4 is 0 Å². The summed E-state index contributed by atoms with van der Waals surface area (Å²) in [6, 6.07) is 3.59. The zero-order chi connectivity index (χ0) is 12.3. The minimum atomic E-state index is -4.05. The maximum Gasteiger partial charge on any atom is 0.286 e. The van der Waals surface area contributed by atoms with E-state index >= 15 is 0 Å². The highest BCUT2D eigenvalue weighted by atomic mass is 35.7. The van der Waals surface area contributed by atoms with E-state index in [2.05, 4.69) is 11.8 Å². The summed E-state index contributed by atoms with van der Waals surface area (Å²) >= 11 is 0. The number of rotatable bonds is 2. The largest absolute Gasteiger partial charge is 0.286 e. The monoisotopic (exact) mass is 259 g/mol. The maximum atomic E-state index is 11.2. The molecule has 0 radical (unpaired) electrons. The van der Waals surface area contributed by atoms with Gasteiger partial charge >= 0.3 is 0 Å². The summed E-state index contributed by atoms with van der Waals surface area (Å²) in [7, 11) is 1.11. The minimum absolute atomic E-state index is 0.190. The quantitative estimate of drug-likeness (QED) is 0.352. The fourth-order valence-corrected chi connectivity index (χ4v) is 2.15. The molecule has 1 rings (SSSR count). The van der Waals surface area contributed by atoms with Crippen molar-refractivity contribution in [3.63, 3.8) is 0 Å². The van der Waals surface area contributed by atoms with Gasteiger partial charge in [-0.2, -0.15) is 0 Å². The van der Waals surface area contributed by atoms with E-state index in [9.17, 15) is 18.5 Å². The van der Waals surface area contributed by atoms with Crippen molar-refractivity contribution in [2.75, 3.05) is 0 Å². The Bertz CT molecular complexity index is 598. The molecule has 0 N–H and O–H groups in total. The van der Waals surface area contributed by atoms with Crippen LogP contribution in [0.3, 0.4) is 0 Å². The van der Waals surface area contributed by atoms with Crippen LogP contribution in [-0.2, 0) is 9.05 Å². The Kier molecular flexibility index (Phi) is 3.52. The molecule has 0 aliphatic heterocycles. The van der Waals surface area contributed by atoms with Gasteiger partial charge in [0.1, 0.15) is 10.5 Å². The van der Waals surface area contributed by atoms with Crippen LogP contribution in [-0.4, -0.2) is 13.3 Å². The molecule has 0 aliphatic rings. The van der Waals surface area contributed by atoms with Crippen molar-refractivity contribution in [1.82, 2.24) is 0 Å². The lowest BCUT2D eigenvalue weighted by Crippen LogP contribution is -2.00. The Balaban J connectivity index is 3.69. The van der Waals surface area contributed by atoms with Gasteiger partial charge in [-0.25, -0.2) is 8.42 Å². The highest BCUT2D eigenvalue weighted by Crippen LogP contribution is 2.27. The lowest BCUT2D eigenvalue weighted by Gasteiger charge is -2.01. The Labute approximate surface area is 96.6 Å². The fraction of sp³-hybridized carbons (Fsp3) is 0.111. The Morgan fingerprint density at radius 2 is 2.06 bits per heavy atom. The van der Waals surface area contributed by atoms with Gasteiger partial charge in [0, 0.05) is 16.7 Å². The molecule has 1 aromatic carbocycles. The lowest BCUT2D eigenvalue weighted by molar-refractivity contribution is -0.385. The van der Waals surface area contributed by atoms with Gasteiger partial charge in [-0.3, -0.25) is 10.1 Å². The number of nitrogens with zero attached hydrogens (tertiary/aromatic N) is 1. The lowest BCUT2D eigenvalue weighted by atomic mass is 10.2. The van der Waals surface area contributed by atoms with Gasteiger partial charge in [0.25, 0.3) is 14.7 Å². The molecule has 0 saturated carbocycles. The first-order valence-electron chi connectivity index (χ1n) is 4.02. The molecule has 5 nitrogen and oxygen atoms in total. The first-order valence-corrected chi connectivity index (χ1v) is 6.33. The van der Waals surface area contributed by atoms with Crippen molar-refractivity contribution in [1.29, 1.82) is 0 Å². The highest BCUT2D eigenvalue weighted by molar-refractivity contribution is 8.13. The van der Waals surface area contributed by atoms with Crippen molar-refractivity contribution in [2.45, 2.75) is 11.8 Å². The summed E-state index contributed by atoms with van der Waals surface area (Å²) in [5.41, 5.74) is -0.568. The van der Waals surface area contributed by atoms with Crippen LogP contribution in [0.4, 0.5) is 5.69 Å². The van der Waals surface area contributed by atoms with Crippen LogP contribution in [0.2, 0.25) is 0 Å². The van der Waals surface area contributed by atoms with Crippen LogP contribution in [0.1, 0.15) is 12.5 Å². The normalized spacial score (nSPS) is 10.4. The molecule has 0 spiro atoms. The second-order valence-electron chi connectivity index (χ2n) is 2.72. The Morgan fingerprint density at radius 1 is 1.44 bits per heavy atom. The van der Waals surface area contributed by atoms with Crippen molar-refractivity contribution in [3.05, 3.63) is 33.9 Å². The third-order valence-corrected chi connectivity index (χ3v) is 3.08. The zero-order valence-corrected chi connectivity index (χ0v) is 9.67. The van der Waals surface area contributed by atoms with E-state index in [1.807, 2.05) is 0 Å². The third kappa shape index (κ3) is 2.51. The van der Waals surface area contributed by atoms with E-state index in [1.165, 1.54) is 25.1 Å². The van der Waals surface area contributed by atoms with E-state index in [4.69, 9.17) is 10.7 Å². The highest BCUT2D eigenvalue weighted by Gasteiger charge is 2.22. The number of nitro groups is 1. The molecule has 0 unspecified atom stereocenters. The van der Waals surface area contributed by atoms with Crippen molar-refractivity contribution >= 4 is 25.4 Å². The topological polar surface area (TPSA) is 77.3 Å². The molecule has 0 amide bonds. The van der Waals surface area contributed by atoms with Gasteiger partial charge in [-0.1, -0.05) is 12.0 Å². The second-order valence-corrected chi connectivity index (χ2v) is 5.25. The molecule has 0 bridgehead atoms. The molecule has 84 valence electrons. The summed E-state index contributed by atoms with van der Waals surface area (Å²) in [6.07, 6.45) is 0. The molecular weight excluding hydrogens is 254 g/mol. The van der Waals surface area contributed by atoms with Gasteiger partial charge in [0.05, 0.1) is 4.92 Å². The molecule has 1 aromatic rings. The molecule has 0 atom stereocenters. The number of hydrogen-bond donors (Lipinski definition) is 0. The smallest absolute Gasteiger partial charge is 0.258 e. The van der Waals surface area contributed by atoms with Gasteiger partial charge < -0.3 is 0 Å². The first kappa shape index (κ1) is 12.5. The Hall–Kier alpha value is -1.58. The van der Waals surface area contributed by atoms with Gasteiger partial charge in [0.15, 0.2) is 0 Å². The van der Waals surface area contributed by atoms with E-state index in [0.717, 1.165) is 0 Å². The third-order valence-electron chi connectivity index (χ3n) is 1.71. The SMILES string of the molecule is CC#Cc1c([N+](=O)[O-])cccc1S(=O)(=O)Cl. The van der Waals surface area contributed by atoms with E-state index in [1.54, 1.807) is 0 Å². The second kappa shape index (κ2) is 4.51. The Morgan fingerprint density at radius 3 is 2.50 bits per heavy atom. The molecule has 0 aliphatic carbocycles. The van der Waals surface area contributed by atoms with E-state index in [-0.39, 0.29) is 16.1 Å². The summed E-state index contributed by atoms with van der Waals surface area (Å²) < 4.78 is 22.4. The molecule has 0 fully saturated rings. The van der Waals surface area contributed by atoms with Crippen LogP contribution in [0.5, 0.6) is 0 Å². The van der Waals surface area contributed by atoms with E-state index < -0.39 is 14.0 Å². The molecule has 0 aromatic heterocycles. The van der Waals surface area contributed by atoms with Crippen molar-refractivity contribution in [2.24, 2.45) is 0 Å². The minimum Gasteiger partial charge on any atom is -0.258 e. The van der Waals surface area contributed by atoms with Gasteiger partial charge in [-0.15, -0.1) is 5.92 Å². The summed E-state index contributed by atoms with van der Waals surface area (Å²) in [6.45, 7) is 1.45. The average molecular weight is 260 g/mol. The summed E-state index contributed by atoms with van der Waals surface area (Å²) in [5.74, 6) is 4.79. The van der Waals surface area contributed by atoms with Crippen LogP contribution in [0.25, 0.3) is 0 Å². The van der Waals surface area contributed by atoms with Crippen LogP contribution >= 0.6 is 10.7 Å². The van der Waals surface area contributed by atoms with Crippen molar-refractivity contribution in [3.8, 4) is 11.8 Å². The van der Waals surface area contributed by atoms with E-state index in [0.29, 0.717) is 0 Å².